The number of hydrogen-bond acceptors (Lipinski definition) is 5. The van der Waals surface area contributed by atoms with E-state index in [-0.39, 0.29) is 17.7 Å². The van der Waals surface area contributed by atoms with E-state index in [1.54, 1.807) is 12.1 Å². The Bertz CT molecular complexity index is 393. The van der Waals surface area contributed by atoms with E-state index in [1.165, 1.54) is 12.1 Å². The van der Waals surface area contributed by atoms with Crippen molar-refractivity contribution < 1.29 is 19.5 Å². The Morgan fingerprint density at radius 3 is 2.47 bits per heavy atom. The molecule has 6 nitrogen and oxygen atoms in total. The second-order valence-corrected chi connectivity index (χ2v) is 4.19. The second-order valence-electron chi connectivity index (χ2n) is 4.19. The Balaban J connectivity index is 1.93. The van der Waals surface area contributed by atoms with Crippen LogP contribution in [0.25, 0.3) is 0 Å². The third-order valence-electron chi connectivity index (χ3n) is 2.74. The lowest BCUT2D eigenvalue weighted by Gasteiger charge is -2.39. The predicted octanol–water partition coefficient (Wildman–Crippen LogP) is 0.982. The Morgan fingerprint density at radius 2 is 2.06 bits per heavy atom. The van der Waals surface area contributed by atoms with Crippen LogP contribution >= 0.6 is 0 Å². The van der Waals surface area contributed by atoms with Crippen molar-refractivity contribution in [3.05, 3.63) is 34.4 Å². The fraction of sp³-hybridized carbons (Fsp3) is 0.455. The molecule has 6 heteroatoms. The van der Waals surface area contributed by atoms with Crippen LogP contribution in [0.4, 0.5) is 5.69 Å². The molecule has 1 aliphatic heterocycles. The normalized spacial score (nSPS) is 17.2. The van der Waals surface area contributed by atoms with Gasteiger partial charge in [0.2, 0.25) is 0 Å². The molecule has 1 aliphatic rings. The average molecular weight is 239 g/mol. The highest BCUT2D eigenvalue weighted by atomic mass is 16.6. The molecule has 0 aromatic heterocycles. The first-order valence-electron chi connectivity index (χ1n) is 5.21. The molecule has 1 fully saturated rings. The molecule has 0 radical (unpaired) electrons. The lowest BCUT2D eigenvalue weighted by atomic mass is 9.88. The highest BCUT2D eigenvalue weighted by Gasteiger charge is 2.39. The summed E-state index contributed by atoms with van der Waals surface area (Å²) in [5.74, 6) is 0.551. The SMILES string of the molecule is O=[N+]([O-])c1ccc(OCC2(CO)COC2)cc1. The van der Waals surface area contributed by atoms with Crippen molar-refractivity contribution in [1.29, 1.82) is 0 Å². The Morgan fingerprint density at radius 1 is 1.41 bits per heavy atom. The minimum Gasteiger partial charge on any atom is -0.493 e. The van der Waals surface area contributed by atoms with Crippen molar-refractivity contribution in [3.8, 4) is 5.75 Å². The van der Waals surface area contributed by atoms with Crippen molar-refractivity contribution in [1.82, 2.24) is 0 Å². The van der Waals surface area contributed by atoms with E-state index in [4.69, 9.17) is 9.47 Å². The Hall–Kier alpha value is -1.66. The van der Waals surface area contributed by atoms with Crippen molar-refractivity contribution in [2.75, 3.05) is 26.4 Å². The molecule has 17 heavy (non-hydrogen) atoms. The lowest BCUT2D eigenvalue weighted by molar-refractivity contribution is -0.384. The van der Waals surface area contributed by atoms with Gasteiger partial charge in [0.15, 0.2) is 0 Å². The third-order valence-corrected chi connectivity index (χ3v) is 2.74. The molecule has 0 spiro atoms. The zero-order valence-electron chi connectivity index (χ0n) is 9.17. The topological polar surface area (TPSA) is 81.8 Å². The standard InChI is InChI=1S/C11H13NO5/c13-5-11(6-16-7-11)8-17-10-3-1-9(2-4-10)12(14)15/h1-4,13H,5-8H2. The van der Waals surface area contributed by atoms with E-state index in [1.807, 2.05) is 0 Å². The molecule has 0 amide bonds. The molecule has 1 aromatic rings. The van der Waals surface area contributed by atoms with Gasteiger partial charge in [-0.2, -0.15) is 0 Å². The summed E-state index contributed by atoms with van der Waals surface area (Å²) in [7, 11) is 0. The number of nitrogens with zero attached hydrogens (tertiary/aromatic N) is 1. The van der Waals surface area contributed by atoms with Gasteiger partial charge in [-0.15, -0.1) is 0 Å². The number of non-ortho nitro benzene ring substituents is 1. The molecule has 0 aliphatic carbocycles. The Kier molecular flexibility index (Phi) is 3.26. The van der Waals surface area contributed by atoms with Crippen LogP contribution in [0.5, 0.6) is 5.75 Å². The zero-order chi connectivity index (χ0) is 12.3. The van der Waals surface area contributed by atoms with Gasteiger partial charge in [0, 0.05) is 12.1 Å². The summed E-state index contributed by atoms with van der Waals surface area (Å²) >= 11 is 0. The van der Waals surface area contributed by atoms with E-state index >= 15 is 0 Å². The molecule has 1 heterocycles. The smallest absolute Gasteiger partial charge is 0.269 e. The van der Waals surface area contributed by atoms with Gasteiger partial charge in [-0.1, -0.05) is 0 Å². The third kappa shape index (κ3) is 2.54. The van der Waals surface area contributed by atoms with Crippen LogP contribution in [0, 0.1) is 15.5 Å². The fourth-order valence-corrected chi connectivity index (χ4v) is 1.51. The molecule has 1 N–H and O–H groups in total. The summed E-state index contributed by atoms with van der Waals surface area (Å²) < 4.78 is 10.5. The van der Waals surface area contributed by atoms with E-state index in [0.29, 0.717) is 25.6 Å². The van der Waals surface area contributed by atoms with Gasteiger partial charge in [0.25, 0.3) is 5.69 Å². The van der Waals surface area contributed by atoms with Crippen molar-refractivity contribution in [3.63, 3.8) is 0 Å². The van der Waals surface area contributed by atoms with Gasteiger partial charge < -0.3 is 14.6 Å². The number of rotatable bonds is 5. The summed E-state index contributed by atoms with van der Waals surface area (Å²) in [6.45, 7) is 1.33. The quantitative estimate of drug-likeness (QED) is 0.611. The second kappa shape index (κ2) is 4.68. The molecule has 92 valence electrons. The monoisotopic (exact) mass is 239 g/mol. The zero-order valence-corrected chi connectivity index (χ0v) is 9.17. The predicted molar refractivity (Wildman–Crippen MR) is 58.9 cm³/mol. The van der Waals surface area contributed by atoms with Gasteiger partial charge in [-0.05, 0) is 12.1 Å². The molecule has 0 bridgehead atoms. The minimum atomic E-state index is -0.460. The number of aliphatic hydroxyl groups excluding tert-OH is 1. The van der Waals surface area contributed by atoms with E-state index in [2.05, 4.69) is 0 Å². The molecular weight excluding hydrogens is 226 g/mol. The fourth-order valence-electron chi connectivity index (χ4n) is 1.51. The number of nitro groups is 1. The molecule has 0 unspecified atom stereocenters. The number of hydrogen-bond donors (Lipinski definition) is 1. The molecule has 0 atom stereocenters. The van der Waals surface area contributed by atoms with Crippen LogP contribution in [0.2, 0.25) is 0 Å². The highest BCUT2D eigenvalue weighted by Crippen LogP contribution is 2.28. The van der Waals surface area contributed by atoms with Crippen LogP contribution in [0.15, 0.2) is 24.3 Å². The maximum absolute atomic E-state index is 10.4. The van der Waals surface area contributed by atoms with Gasteiger partial charge in [-0.25, -0.2) is 0 Å². The van der Waals surface area contributed by atoms with Crippen LogP contribution in [-0.4, -0.2) is 36.5 Å². The summed E-state index contributed by atoms with van der Waals surface area (Å²) in [5.41, 5.74) is -0.289. The molecule has 2 rings (SSSR count). The number of ether oxygens (including phenoxy) is 2. The molecular formula is C11H13NO5. The van der Waals surface area contributed by atoms with Crippen LogP contribution in [0.1, 0.15) is 0 Å². The maximum atomic E-state index is 10.4. The van der Waals surface area contributed by atoms with Gasteiger partial charge >= 0.3 is 0 Å². The summed E-state index contributed by atoms with van der Waals surface area (Å²) in [5, 5.41) is 19.6. The number of aliphatic hydroxyl groups is 1. The maximum Gasteiger partial charge on any atom is 0.269 e. The first kappa shape index (κ1) is 11.8. The largest absolute Gasteiger partial charge is 0.493 e. The number of nitro benzene ring substituents is 1. The average Bonchev–Trinajstić information content (AvgIpc) is 2.29. The van der Waals surface area contributed by atoms with Crippen LogP contribution in [-0.2, 0) is 4.74 Å². The van der Waals surface area contributed by atoms with Crippen LogP contribution < -0.4 is 4.74 Å². The minimum absolute atomic E-state index is 0.0139. The van der Waals surface area contributed by atoms with Crippen LogP contribution in [0.3, 0.4) is 0 Å². The highest BCUT2D eigenvalue weighted by molar-refractivity contribution is 5.36. The van der Waals surface area contributed by atoms with E-state index < -0.39 is 4.92 Å². The summed E-state index contributed by atoms with van der Waals surface area (Å²) in [4.78, 5) is 9.99. The van der Waals surface area contributed by atoms with Gasteiger partial charge in [-0.3, -0.25) is 10.1 Å². The molecule has 0 saturated carbocycles. The van der Waals surface area contributed by atoms with E-state index in [9.17, 15) is 15.2 Å². The van der Waals surface area contributed by atoms with Crippen molar-refractivity contribution >= 4 is 5.69 Å². The lowest BCUT2D eigenvalue weighted by Crippen LogP contribution is -2.49. The summed E-state index contributed by atoms with van der Waals surface area (Å²) in [6, 6.07) is 5.86. The number of benzene rings is 1. The van der Waals surface area contributed by atoms with Gasteiger partial charge in [0.05, 0.1) is 30.2 Å². The summed E-state index contributed by atoms with van der Waals surface area (Å²) in [6.07, 6.45) is 0. The van der Waals surface area contributed by atoms with Gasteiger partial charge in [0.1, 0.15) is 12.4 Å². The van der Waals surface area contributed by atoms with E-state index in [0.717, 1.165) is 0 Å². The molecule has 1 aromatic carbocycles. The molecule has 1 saturated heterocycles. The van der Waals surface area contributed by atoms with Crippen molar-refractivity contribution in [2.24, 2.45) is 5.41 Å². The first-order valence-corrected chi connectivity index (χ1v) is 5.21. The Labute approximate surface area is 97.9 Å². The first-order chi connectivity index (χ1) is 8.15. The van der Waals surface area contributed by atoms with Crippen molar-refractivity contribution in [2.45, 2.75) is 0 Å².